The van der Waals surface area contributed by atoms with E-state index in [4.69, 9.17) is 4.74 Å². The molecule has 2 N–H and O–H groups in total. The fourth-order valence-corrected chi connectivity index (χ4v) is 2.31. The molecule has 0 saturated heterocycles. The number of hydrogen-bond donors (Lipinski definition) is 2. The van der Waals surface area contributed by atoms with Crippen LogP contribution in [0.3, 0.4) is 0 Å². The number of anilines is 1. The molecule has 0 heterocycles. The summed E-state index contributed by atoms with van der Waals surface area (Å²) in [5.74, 6) is -2.00. The molecule has 29 heavy (non-hydrogen) atoms. The van der Waals surface area contributed by atoms with Crippen molar-refractivity contribution >= 4 is 29.2 Å². The first-order valence-electron chi connectivity index (χ1n) is 8.80. The normalized spacial score (nSPS) is 12.4. The molecule has 2 amide bonds. The third-order valence-corrected chi connectivity index (χ3v) is 4.00. The van der Waals surface area contributed by atoms with Gasteiger partial charge in [-0.3, -0.25) is 19.7 Å². The summed E-state index contributed by atoms with van der Waals surface area (Å²) in [5.41, 5.74) is 1.39. The number of nitrogens with one attached hydrogen (secondary N) is 2. The van der Waals surface area contributed by atoms with Crippen molar-refractivity contribution in [2.45, 2.75) is 32.9 Å². The van der Waals surface area contributed by atoms with Crippen molar-refractivity contribution < 1.29 is 24.0 Å². The smallest absolute Gasteiger partial charge is 0.329 e. The molecule has 2 rings (SSSR count). The lowest BCUT2D eigenvalue weighted by Gasteiger charge is -2.17. The number of nitro benzene ring substituents is 1. The number of aryl methyl sites for hydroxylation is 1. The number of rotatable bonds is 7. The SMILES string of the molecule is Cc1ccc(NC(=O)[C@@H](C)OC(=O)[C@H](C)NC(=O)c2cccc([N+](=O)[O-])c2)cc1. The maximum atomic E-state index is 12.2. The van der Waals surface area contributed by atoms with Gasteiger partial charge in [0.2, 0.25) is 0 Å². The minimum atomic E-state index is -1.08. The predicted molar refractivity (Wildman–Crippen MR) is 105 cm³/mol. The molecule has 152 valence electrons. The van der Waals surface area contributed by atoms with Gasteiger partial charge in [0.1, 0.15) is 6.04 Å². The highest BCUT2D eigenvalue weighted by Crippen LogP contribution is 2.13. The third-order valence-electron chi connectivity index (χ3n) is 4.00. The summed E-state index contributed by atoms with van der Waals surface area (Å²) in [5, 5.41) is 15.8. The van der Waals surface area contributed by atoms with E-state index in [1.807, 2.05) is 19.1 Å². The molecule has 0 fully saturated rings. The molecular formula is C20H21N3O6. The molecule has 2 aromatic carbocycles. The van der Waals surface area contributed by atoms with E-state index in [1.54, 1.807) is 12.1 Å². The van der Waals surface area contributed by atoms with E-state index in [2.05, 4.69) is 10.6 Å². The topological polar surface area (TPSA) is 128 Å². The average molecular weight is 399 g/mol. The summed E-state index contributed by atoms with van der Waals surface area (Å²) in [4.78, 5) is 46.7. The number of carbonyl (C=O) groups excluding carboxylic acids is 3. The third kappa shape index (κ3) is 6.13. The second kappa shape index (κ2) is 9.45. The van der Waals surface area contributed by atoms with E-state index in [9.17, 15) is 24.5 Å². The Hall–Kier alpha value is -3.75. The molecular weight excluding hydrogens is 378 g/mol. The second-order valence-corrected chi connectivity index (χ2v) is 6.44. The van der Waals surface area contributed by atoms with Crippen LogP contribution < -0.4 is 10.6 Å². The zero-order valence-electron chi connectivity index (χ0n) is 16.2. The maximum absolute atomic E-state index is 12.2. The summed E-state index contributed by atoms with van der Waals surface area (Å²) in [6.45, 7) is 4.72. The van der Waals surface area contributed by atoms with Gasteiger partial charge in [0.15, 0.2) is 6.10 Å². The van der Waals surface area contributed by atoms with Gasteiger partial charge in [-0.15, -0.1) is 0 Å². The summed E-state index contributed by atoms with van der Waals surface area (Å²) >= 11 is 0. The van der Waals surface area contributed by atoms with Gasteiger partial charge in [0.25, 0.3) is 17.5 Å². The van der Waals surface area contributed by atoms with Gasteiger partial charge in [-0.05, 0) is 39.0 Å². The van der Waals surface area contributed by atoms with Crippen molar-refractivity contribution in [2.24, 2.45) is 0 Å². The molecule has 9 nitrogen and oxygen atoms in total. The van der Waals surface area contributed by atoms with Crippen molar-refractivity contribution in [2.75, 3.05) is 5.32 Å². The van der Waals surface area contributed by atoms with E-state index >= 15 is 0 Å². The van der Waals surface area contributed by atoms with Crippen LogP contribution in [0, 0.1) is 17.0 Å². The van der Waals surface area contributed by atoms with Crippen LogP contribution in [0.1, 0.15) is 29.8 Å². The van der Waals surface area contributed by atoms with Crippen LogP contribution in [0.4, 0.5) is 11.4 Å². The molecule has 0 aliphatic rings. The number of ether oxygens (including phenoxy) is 1. The number of amides is 2. The van der Waals surface area contributed by atoms with Gasteiger partial charge in [0, 0.05) is 23.4 Å². The zero-order valence-corrected chi connectivity index (χ0v) is 16.2. The lowest BCUT2D eigenvalue weighted by molar-refractivity contribution is -0.384. The van der Waals surface area contributed by atoms with Gasteiger partial charge in [-0.1, -0.05) is 23.8 Å². The molecule has 0 saturated carbocycles. The van der Waals surface area contributed by atoms with Gasteiger partial charge >= 0.3 is 5.97 Å². The lowest BCUT2D eigenvalue weighted by Crippen LogP contribution is -2.42. The molecule has 2 atom stereocenters. The Morgan fingerprint density at radius 2 is 1.72 bits per heavy atom. The number of benzene rings is 2. The molecule has 0 aromatic heterocycles. The zero-order chi connectivity index (χ0) is 21.6. The van der Waals surface area contributed by atoms with Crippen molar-refractivity contribution in [3.63, 3.8) is 0 Å². The van der Waals surface area contributed by atoms with Crippen molar-refractivity contribution in [1.82, 2.24) is 5.32 Å². The Bertz CT molecular complexity index is 926. The average Bonchev–Trinajstić information content (AvgIpc) is 2.69. The summed E-state index contributed by atoms with van der Waals surface area (Å²) in [6.07, 6.45) is -1.08. The Balaban J connectivity index is 1.91. The predicted octanol–water partition coefficient (Wildman–Crippen LogP) is 2.59. The van der Waals surface area contributed by atoms with Crippen LogP contribution in [0.2, 0.25) is 0 Å². The fourth-order valence-electron chi connectivity index (χ4n) is 2.31. The Morgan fingerprint density at radius 1 is 1.07 bits per heavy atom. The lowest BCUT2D eigenvalue weighted by atomic mass is 10.2. The molecule has 0 spiro atoms. The van der Waals surface area contributed by atoms with Crippen LogP contribution in [-0.4, -0.2) is 34.9 Å². The minimum absolute atomic E-state index is 0.0315. The molecule has 0 unspecified atom stereocenters. The van der Waals surface area contributed by atoms with Crippen LogP contribution in [0.25, 0.3) is 0 Å². The molecule has 2 aromatic rings. The number of hydrogen-bond acceptors (Lipinski definition) is 6. The van der Waals surface area contributed by atoms with Crippen LogP contribution in [-0.2, 0) is 14.3 Å². The first-order chi connectivity index (χ1) is 13.7. The highest BCUT2D eigenvalue weighted by molar-refractivity contribution is 5.98. The maximum Gasteiger partial charge on any atom is 0.329 e. The van der Waals surface area contributed by atoms with Crippen molar-refractivity contribution in [1.29, 1.82) is 0 Å². The molecule has 0 aliphatic heterocycles. The van der Waals surface area contributed by atoms with E-state index in [-0.39, 0.29) is 11.3 Å². The van der Waals surface area contributed by atoms with Crippen molar-refractivity contribution in [3.05, 3.63) is 69.8 Å². The quantitative estimate of drug-likeness (QED) is 0.418. The van der Waals surface area contributed by atoms with E-state index < -0.39 is 34.9 Å². The number of non-ortho nitro benzene ring substituents is 1. The van der Waals surface area contributed by atoms with E-state index in [0.717, 1.165) is 11.6 Å². The van der Waals surface area contributed by atoms with E-state index in [1.165, 1.54) is 32.0 Å². The Morgan fingerprint density at radius 3 is 2.34 bits per heavy atom. The number of esters is 1. The summed E-state index contributed by atoms with van der Waals surface area (Å²) in [7, 11) is 0. The minimum Gasteiger partial charge on any atom is -0.451 e. The number of nitrogens with zero attached hydrogens (tertiary/aromatic N) is 1. The van der Waals surface area contributed by atoms with E-state index in [0.29, 0.717) is 5.69 Å². The largest absolute Gasteiger partial charge is 0.451 e. The van der Waals surface area contributed by atoms with Gasteiger partial charge in [-0.25, -0.2) is 4.79 Å². The molecule has 9 heteroatoms. The Labute approximate surface area is 167 Å². The van der Waals surface area contributed by atoms with Gasteiger partial charge < -0.3 is 15.4 Å². The fraction of sp³-hybridized carbons (Fsp3) is 0.250. The van der Waals surface area contributed by atoms with Crippen LogP contribution in [0.15, 0.2) is 48.5 Å². The standard InChI is InChI=1S/C20H21N3O6/c1-12-7-9-16(10-8-12)22-18(24)14(3)29-20(26)13(2)21-19(25)15-5-4-6-17(11-15)23(27)28/h4-11,13-14H,1-3H3,(H,21,25)(H,22,24)/t13-,14+/m0/s1. The van der Waals surface area contributed by atoms with Crippen molar-refractivity contribution in [3.8, 4) is 0 Å². The Kier molecular flexibility index (Phi) is 7.02. The van der Waals surface area contributed by atoms with Gasteiger partial charge in [0.05, 0.1) is 4.92 Å². The second-order valence-electron chi connectivity index (χ2n) is 6.44. The first-order valence-corrected chi connectivity index (χ1v) is 8.80. The monoisotopic (exact) mass is 399 g/mol. The highest BCUT2D eigenvalue weighted by Gasteiger charge is 2.24. The molecule has 0 radical (unpaired) electrons. The molecule has 0 bridgehead atoms. The summed E-state index contributed by atoms with van der Waals surface area (Å²) < 4.78 is 5.09. The first kappa shape index (κ1) is 21.5. The molecule has 0 aliphatic carbocycles. The van der Waals surface area contributed by atoms with Gasteiger partial charge in [-0.2, -0.15) is 0 Å². The van der Waals surface area contributed by atoms with Crippen LogP contribution in [0.5, 0.6) is 0 Å². The highest BCUT2D eigenvalue weighted by atomic mass is 16.6. The van der Waals surface area contributed by atoms with Crippen LogP contribution >= 0.6 is 0 Å². The number of nitro groups is 1. The summed E-state index contributed by atoms with van der Waals surface area (Å²) in [6, 6.07) is 11.2. The number of carbonyl (C=O) groups is 3.